The van der Waals surface area contributed by atoms with Gasteiger partial charge >= 0.3 is 0 Å². The molecule has 0 fully saturated rings. The molecule has 0 amide bonds. The van der Waals surface area contributed by atoms with Gasteiger partial charge in [0.25, 0.3) is 0 Å². The van der Waals surface area contributed by atoms with E-state index in [9.17, 15) is 29.7 Å². The van der Waals surface area contributed by atoms with Gasteiger partial charge in [-0.2, -0.15) is 14.9 Å². The van der Waals surface area contributed by atoms with E-state index in [1.54, 1.807) is 36.4 Å². The second-order valence-electron chi connectivity index (χ2n) is 11.0. The van der Waals surface area contributed by atoms with Gasteiger partial charge in [0.05, 0.1) is 45.8 Å². The van der Waals surface area contributed by atoms with Crippen LogP contribution in [0.1, 0.15) is 52.6 Å². The molecule has 0 atom stereocenters. The number of Topliss-reactive ketones (excluding diaryl/α,β-unsaturated/α-hetero) is 4. The fraction of sp³-hybridized carbons (Fsp3) is 0. The van der Waals surface area contributed by atoms with E-state index >= 15 is 0 Å². The molecule has 0 radical (unpaired) electrons. The Morgan fingerprint density at radius 2 is 1.18 bits per heavy atom. The first-order chi connectivity index (χ1) is 24.1. The summed E-state index contributed by atoms with van der Waals surface area (Å²) >= 11 is 11.5. The zero-order valence-electron chi connectivity index (χ0n) is 25.1. The summed E-state index contributed by atoms with van der Waals surface area (Å²) in [4.78, 5) is 52.6. The van der Waals surface area contributed by atoms with Crippen LogP contribution in [0.15, 0.2) is 92.0 Å². The van der Waals surface area contributed by atoms with E-state index in [1.165, 1.54) is 36.4 Å². The Hall–Kier alpha value is -6.03. The van der Waals surface area contributed by atoms with Crippen LogP contribution in [0.3, 0.4) is 0 Å². The van der Waals surface area contributed by atoms with Crippen LogP contribution >= 0.6 is 35.5 Å². The number of hydrogen-bond donors (Lipinski definition) is 3. The van der Waals surface area contributed by atoms with Gasteiger partial charge in [-0.15, -0.1) is 22.7 Å². The summed E-state index contributed by atoms with van der Waals surface area (Å²) in [6.45, 7) is 0. The Morgan fingerprint density at radius 1 is 0.720 bits per heavy atom. The molecule has 0 spiro atoms. The van der Waals surface area contributed by atoms with Crippen molar-refractivity contribution in [3.05, 3.63) is 135 Å². The maximum atomic E-state index is 13.2. The van der Waals surface area contributed by atoms with E-state index < -0.39 is 23.1 Å². The van der Waals surface area contributed by atoms with E-state index in [1.807, 2.05) is 12.1 Å². The molecule has 3 aliphatic rings. The molecule has 10 nitrogen and oxygen atoms in total. The standard InChI is InChI=1S/C36H16N6O4S4/c37-13-15-1-5-19-21(9-15)35(45)27(33(19)43)25-7-3-17(49-25)11-23-29(39)32(42-48)24(30(40)31(23)41-47)12-18-4-8-26(50-18)28-34(44)20-6-2-16(14-38)10-22(20)36(28)46/h1-12,39,48H,40H2/b17-11+,18-12+,27-25-,28-26-,39-29?,42-32-. The van der Waals surface area contributed by atoms with E-state index in [0.717, 1.165) is 22.7 Å². The number of carbonyl (C=O) groups excluding carboxylic acids is 4. The number of thiol groups is 1. The number of nitrogens with one attached hydrogen (secondary N) is 1. The van der Waals surface area contributed by atoms with Gasteiger partial charge in [-0.05, 0) is 85.6 Å². The van der Waals surface area contributed by atoms with Gasteiger partial charge in [-0.25, -0.2) is 4.40 Å². The van der Waals surface area contributed by atoms with Crippen molar-refractivity contribution in [2.45, 2.75) is 0 Å². The first-order valence-electron chi connectivity index (χ1n) is 14.4. The average molecular weight is 725 g/mol. The van der Waals surface area contributed by atoms with Gasteiger partial charge in [0.1, 0.15) is 11.4 Å². The van der Waals surface area contributed by atoms with Crippen molar-refractivity contribution in [2.24, 2.45) is 14.5 Å². The molecular formula is C36H16N6O4S4. The van der Waals surface area contributed by atoms with Crippen molar-refractivity contribution in [2.75, 3.05) is 0 Å². The summed E-state index contributed by atoms with van der Waals surface area (Å²) in [5, 5.41) is 27.5. The Kier molecular flexibility index (Phi) is 8.10. The van der Waals surface area contributed by atoms with Crippen molar-refractivity contribution < 1.29 is 19.2 Å². The maximum absolute atomic E-state index is 13.2. The van der Waals surface area contributed by atoms with Gasteiger partial charge < -0.3 is 5.73 Å². The number of ketones is 4. The monoisotopic (exact) mass is 724 g/mol. The summed E-state index contributed by atoms with van der Waals surface area (Å²) in [6.07, 6.45) is 3.25. The third-order valence-electron chi connectivity index (χ3n) is 8.26. The minimum atomic E-state index is -0.465. The molecule has 14 heteroatoms. The molecule has 4 aromatic rings. The van der Waals surface area contributed by atoms with Crippen molar-refractivity contribution in [1.29, 1.82) is 15.9 Å². The van der Waals surface area contributed by atoms with Crippen LogP contribution in [0.2, 0.25) is 0 Å². The minimum absolute atomic E-state index is 0.000177. The SMILES string of the molecule is N#Cc1ccc2c(c1)C(=O)/C(=c1/cc/c(=C\C3=C(N=S)C(N)=C(/C=c4\cc/c(=C5\C(=O)c6ccc(C#N)cc6C5=O)s4)/C(=N/S)C3=N)s1)C2=O. The topological polar surface area (TPSA) is 190 Å². The molecule has 50 heavy (non-hydrogen) atoms. The lowest BCUT2D eigenvalue weighted by molar-refractivity contribution is 0.101. The highest BCUT2D eigenvalue weighted by Gasteiger charge is 2.35. The molecule has 3 N–H and O–H groups in total. The van der Waals surface area contributed by atoms with Gasteiger partial charge in [0.2, 0.25) is 0 Å². The molecule has 7 rings (SSSR count). The fourth-order valence-corrected chi connectivity index (χ4v) is 8.26. The van der Waals surface area contributed by atoms with Crippen LogP contribution in [0, 0.1) is 28.1 Å². The van der Waals surface area contributed by atoms with Crippen LogP contribution < -0.4 is 23.9 Å². The Balaban J connectivity index is 1.31. The lowest BCUT2D eigenvalue weighted by Crippen LogP contribution is -2.27. The Labute approximate surface area is 300 Å². The maximum Gasteiger partial charge on any atom is 0.199 e. The van der Waals surface area contributed by atoms with Crippen molar-refractivity contribution in [3.63, 3.8) is 0 Å². The smallest absolute Gasteiger partial charge is 0.199 e. The van der Waals surface area contributed by atoms with Crippen molar-refractivity contribution in [1.82, 2.24) is 0 Å². The summed E-state index contributed by atoms with van der Waals surface area (Å²) in [5.41, 5.74) is 8.77. The third kappa shape index (κ3) is 5.06. The number of nitrogens with two attached hydrogens (primary N) is 1. The van der Waals surface area contributed by atoms with E-state index in [-0.39, 0.29) is 72.9 Å². The zero-order valence-corrected chi connectivity index (χ0v) is 28.4. The number of carbonyl (C=O) groups is 4. The van der Waals surface area contributed by atoms with Crippen LogP contribution in [-0.4, -0.2) is 34.6 Å². The van der Waals surface area contributed by atoms with E-state index in [2.05, 4.69) is 21.6 Å². The number of nitrogens with zero attached hydrogens (tertiary/aromatic N) is 4. The first-order valence-corrected chi connectivity index (χ1v) is 16.8. The summed E-state index contributed by atoms with van der Waals surface area (Å²) in [5.74, 6) is -1.78. The number of benzene rings is 2. The van der Waals surface area contributed by atoms with Crippen molar-refractivity contribution >= 4 is 106 Å². The molecule has 0 saturated heterocycles. The summed E-state index contributed by atoms with van der Waals surface area (Å²) in [6, 6.07) is 19.4. The van der Waals surface area contributed by atoms with E-state index in [4.69, 9.17) is 23.6 Å². The first kappa shape index (κ1) is 32.5. The summed E-state index contributed by atoms with van der Waals surface area (Å²) in [7, 11) is 0. The molecule has 238 valence electrons. The van der Waals surface area contributed by atoms with Crippen LogP contribution in [0.4, 0.5) is 0 Å². The number of hydrogen-bond acceptors (Lipinski definition) is 14. The summed E-state index contributed by atoms with van der Waals surface area (Å²) < 4.78 is 9.99. The highest BCUT2D eigenvalue weighted by Crippen LogP contribution is 2.30. The number of allylic oxidation sites excluding steroid dienone is 2. The number of nitriles is 2. The predicted octanol–water partition coefficient (Wildman–Crippen LogP) is 2.79. The van der Waals surface area contributed by atoms with Gasteiger partial charge in [0.15, 0.2) is 23.1 Å². The molecule has 0 bridgehead atoms. The van der Waals surface area contributed by atoms with Crippen LogP contribution in [0.25, 0.3) is 23.3 Å². The Bertz CT molecular complexity index is 2820. The molecule has 3 aliphatic carbocycles. The molecule has 0 aliphatic heterocycles. The van der Waals surface area contributed by atoms with Gasteiger partial charge in [0, 0.05) is 64.0 Å². The number of rotatable bonds is 3. The quantitative estimate of drug-likeness (QED) is 0.212. The molecular weight excluding hydrogens is 709 g/mol. The number of thiophene rings is 2. The van der Waals surface area contributed by atoms with Crippen LogP contribution in [-0.2, 0) is 12.4 Å². The number of fused-ring (bicyclic) bond motifs is 2. The second kappa shape index (κ2) is 12.5. The normalized spacial score (nSPS) is 19.4. The largest absolute Gasteiger partial charge is 0.396 e. The predicted molar refractivity (Wildman–Crippen MR) is 195 cm³/mol. The lowest BCUT2D eigenvalue weighted by atomic mass is 9.89. The lowest BCUT2D eigenvalue weighted by Gasteiger charge is -2.20. The van der Waals surface area contributed by atoms with Crippen LogP contribution in [0.5, 0.6) is 0 Å². The van der Waals surface area contributed by atoms with Gasteiger partial charge in [-0.1, -0.05) is 0 Å². The highest BCUT2D eigenvalue weighted by atomic mass is 32.1. The second-order valence-corrected chi connectivity index (χ2v) is 13.6. The molecule has 0 saturated carbocycles. The zero-order chi connectivity index (χ0) is 35.4. The molecule has 0 unspecified atom stereocenters. The highest BCUT2D eigenvalue weighted by molar-refractivity contribution is 7.79. The average Bonchev–Trinajstić information content (AvgIpc) is 3.89. The minimum Gasteiger partial charge on any atom is -0.396 e. The fourth-order valence-electron chi connectivity index (χ4n) is 5.88. The molecule has 2 heterocycles. The molecule has 2 aromatic carbocycles. The Morgan fingerprint density at radius 3 is 1.62 bits per heavy atom. The van der Waals surface area contributed by atoms with Crippen molar-refractivity contribution in [3.8, 4) is 12.1 Å². The van der Waals surface area contributed by atoms with Gasteiger partial charge in [-0.3, -0.25) is 24.6 Å². The van der Waals surface area contributed by atoms with E-state index in [0.29, 0.717) is 23.7 Å². The molecule has 2 aromatic heterocycles. The third-order valence-corrected chi connectivity index (χ3v) is 10.7.